The number of allylic oxidation sites excluding steroid dienone is 1. The van der Waals surface area contributed by atoms with Crippen molar-refractivity contribution in [2.75, 3.05) is 0 Å². The van der Waals surface area contributed by atoms with E-state index in [-0.39, 0.29) is 22.9 Å². The van der Waals surface area contributed by atoms with E-state index in [4.69, 9.17) is 0 Å². The second kappa shape index (κ2) is 5.75. The molecule has 0 aromatic heterocycles. The van der Waals surface area contributed by atoms with Gasteiger partial charge < -0.3 is 0 Å². The van der Waals surface area contributed by atoms with Crippen LogP contribution in [0, 0.1) is 46.3 Å². The lowest BCUT2D eigenvalue weighted by Crippen LogP contribution is -2.58. The van der Waals surface area contributed by atoms with Gasteiger partial charge in [0.15, 0.2) is 17.7 Å². The minimum Gasteiger partial charge on any atom is -0.296 e. The minimum absolute atomic E-state index is 0.0163. The number of ketones is 2. The van der Waals surface area contributed by atoms with Crippen LogP contribution in [0.1, 0.15) is 66.7 Å². The van der Waals surface area contributed by atoms with Gasteiger partial charge in [0.05, 0.1) is 0 Å². The Morgan fingerprint density at radius 2 is 1.88 bits per heavy atom. The molecule has 4 aliphatic carbocycles. The first-order valence-electron chi connectivity index (χ1n) is 10.6. The molecule has 4 unspecified atom stereocenters. The summed E-state index contributed by atoms with van der Waals surface area (Å²) < 4.78 is 14.5. The van der Waals surface area contributed by atoms with Gasteiger partial charge in [0.25, 0.3) is 0 Å². The average Bonchev–Trinajstić information content (AvgIpc) is 2.82. The number of carbonyl (C=O) groups excluding carboxylic acids is 2. The highest BCUT2D eigenvalue weighted by molar-refractivity contribution is 5.92. The van der Waals surface area contributed by atoms with E-state index < -0.39 is 11.6 Å². The molecule has 9 atom stereocenters. The van der Waals surface area contributed by atoms with Gasteiger partial charge >= 0.3 is 0 Å². The number of hydrogen-bond acceptors (Lipinski definition) is 2. The van der Waals surface area contributed by atoms with Gasteiger partial charge in [0.1, 0.15) is 0 Å². The number of hydrogen-bond donors (Lipinski definition) is 0. The SMILES string of the molecule is CCC1C(C)C2=CC(=O)CC(C)[C@]2(C)[C@@H]2CC[C@]3(C)C(=O)C(F)C[C@H]3[C@H]12. The van der Waals surface area contributed by atoms with Crippen molar-refractivity contribution in [3.8, 4) is 0 Å². The monoisotopic (exact) mass is 360 g/mol. The van der Waals surface area contributed by atoms with Crippen LogP contribution in [0.2, 0.25) is 0 Å². The molecule has 3 fully saturated rings. The topological polar surface area (TPSA) is 34.1 Å². The van der Waals surface area contributed by atoms with E-state index in [0.29, 0.717) is 42.4 Å². The van der Waals surface area contributed by atoms with Gasteiger partial charge in [-0.15, -0.1) is 0 Å². The zero-order valence-electron chi connectivity index (χ0n) is 16.8. The number of fused-ring (bicyclic) bond motifs is 5. The van der Waals surface area contributed by atoms with Gasteiger partial charge in [-0.2, -0.15) is 0 Å². The molecule has 0 amide bonds. The first kappa shape index (κ1) is 18.4. The van der Waals surface area contributed by atoms with Crippen LogP contribution >= 0.6 is 0 Å². The molecule has 0 aromatic carbocycles. The lowest BCUT2D eigenvalue weighted by molar-refractivity contribution is -0.141. The third-order valence-corrected chi connectivity index (χ3v) is 9.37. The second-order valence-corrected chi connectivity index (χ2v) is 10.1. The Labute approximate surface area is 157 Å². The summed E-state index contributed by atoms with van der Waals surface area (Å²) in [5.74, 6) is 2.27. The predicted molar refractivity (Wildman–Crippen MR) is 100 cm³/mol. The lowest BCUT2D eigenvalue weighted by atomic mass is 9.41. The highest BCUT2D eigenvalue weighted by Gasteiger charge is 2.65. The number of alkyl halides is 1. The fourth-order valence-electron chi connectivity index (χ4n) is 7.82. The van der Waals surface area contributed by atoms with Crippen LogP contribution in [0.15, 0.2) is 11.6 Å². The molecule has 0 saturated heterocycles. The molecule has 0 spiro atoms. The Bertz CT molecular complexity index is 682. The van der Waals surface area contributed by atoms with Crippen LogP contribution in [0.3, 0.4) is 0 Å². The number of Topliss-reactive ketones (excluding diaryl/α,β-unsaturated/α-hetero) is 1. The van der Waals surface area contributed by atoms with Crippen molar-refractivity contribution in [3.05, 3.63) is 11.6 Å². The number of rotatable bonds is 1. The maximum atomic E-state index is 14.5. The van der Waals surface area contributed by atoms with Gasteiger partial charge in [0.2, 0.25) is 0 Å². The number of carbonyl (C=O) groups is 2. The molecular formula is C23H33FO2. The summed E-state index contributed by atoms with van der Waals surface area (Å²) in [7, 11) is 0. The summed E-state index contributed by atoms with van der Waals surface area (Å²) in [6.45, 7) is 11.1. The molecular weight excluding hydrogens is 327 g/mol. The first-order valence-corrected chi connectivity index (χ1v) is 10.6. The van der Waals surface area contributed by atoms with Crippen molar-refractivity contribution in [1.82, 2.24) is 0 Å². The van der Waals surface area contributed by atoms with E-state index in [0.717, 1.165) is 19.3 Å². The van der Waals surface area contributed by atoms with Crippen molar-refractivity contribution in [3.63, 3.8) is 0 Å². The lowest BCUT2D eigenvalue weighted by Gasteiger charge is -2.63. The van der Waals surface area contributed by atoms with Crippen molar-refractivity contribution in [1.29, 1.82) is 0 Å². The van der Waals surface area contributed by atoms with E-state index in [9.17, 15) is 14.0 Å². The summed E-state index contributed by atoms with van der Waals surface area (Å²) in [6, 6.07) is 0. The highest BCUT2D eigenvalue weighted by Crippen LogP contribution is 2.68. The molecule has 0 aliphatic heterocycles. The molecule has 144 valence electrons. The quantitative estimate of drug-likeness (QED) is 0.647. The van der Waals surface area contributed by atoms with E-state index in [1.165, 1.54) is 5.57 Å². The summed E-state index contributed by atoms with van der Waals surface area (Å²) >= 11 is 0. The van der Waals surface area contributed by atoms with Crippen LogP contribution < -0.4 is 0 Å². The summed E-state index contributed by atoms with van der Waals surface area (Å²) in [4.78, 5) is 25.0. The van der Waals surface area contributed by atoms with E-state index >= 15 is 0 Å². The smallest absolute Gasteiger partial charge is 0.173 e. The number of halogens is 1. The molecule has 4 aliphatic rings. The second-order valence-electron chi connectivity index (χ2n) is 10.1. The molecule has 0 bridgehead atoms. The average molecular weight is 361 g/mol. The van der Waals surface area contributed by atoms with E-state index in [1.807, 2.05) is 13.0 Å². The van der Waals surface area contributed by atoms with Crippen molar-refractivity contribution < 1.29 is 14.0 Å². The van der Waals surface area contributed by atoms with E-state index in [1.54, 1.807) is 0 Å². The molecule has 0 radical (unpaired) electrons. The molecule has 3 saturated carbocycles. The van der Waals surface area contributed by atoms with Gasteiger partial charge in [-0.1, -0.05) is 46.6 Å². The largest absolute Gasteiger partial charge is 0.296 e. The Morgan fingerprint density at radius 3 is 2.54 bits per heavy atom. The Morgan fingerprint density at radius 1 is 1.19 bits per heavy atom. The molecule has 26 heavy (non-hydrogen) atoms. The summed E-state index contributed by atoms with van der Waals surface area (Å²) in [5, 5.41) is 0. The molecule has 0 aromatic rings. The fraction of sp³-hybridized carbons (Fsp3) is 0.826. The minimum atomic E-state index is -1.27. The third-order valence-electron chi connectivity index (χ3n) is 9.37. The van der Waals surface area contributed by atoms with Gasteiger partial charge in [-0.3, -0.25) is 9.59 Å². The summed E-state index contributed by atoms with van der Waals surface area (Å²) in [5.41, 5.74) is 0.889. The molecule has 2 nitrogen and oxygen atoms in total. The zero-order valence-corrected chi connectivity index (χ0v) is 16.8. The maximum Gasteiger partial charge on any atom is 0.173 e. The van der Waals surface area contributed by atoms with Crippen molar-refractivity contribution in [2.24, 2.45) is 46.3 Å². The van der Waals surface area contributed by atoms with Crippen LogP contribution in [0.5, 0.6) is 0 Å². The first-order chi connectivity index (χ1) is 12.2. The Kier molecular flexibility index (Phi) is 4.07. The van der Waals surface area contributed by atoms with Crippen LogP contribution in [0.25, 0.3) is 0 Å². The zero-order chi connectivity index (χ0) is 19.0. The Hall–Kier alpha value is -0.990. The van der Waals surface area contributed by atoms with E-state index in [2.05, 4.69) is 27.7 Å². The van der Waals surface area contributed by atoms with Crippen LogP contribution in [0.4, 0.5) is 4.39 Å². The summed E-state index contributed by atoms with van der Waals surface area (Å²) in [6.07, 6.45) is 4.57. The third kappa shape index (κ3) is 2.09. The standard InChI is InChI=1S/C23H33FO2/c1-6-15-13(3)17-10-14(25)9-12(2)23(17,5)16-7-8-22(4)18(20(15)16)11-19(24)21(22)26/h10,12-13,15-16,18-20H,6-9,11H2,1-5H3/t12?,13?,15?,16-,18+,19?,20-,22+,23-/m1/s1. The highest BCUT2D eigenvalue weighted by atomic mass is 19.1. The Balaban J connectivity index is 1.85. The molecule has 0 N–H and O–H groups in total. The van der Waals surface area contributed by atoms with Gasteiger partial charge in [-0.05, 0) is 66.3 Å². The van der Waals surface area contributed by atoms with Gasteiger partial charge in [-0.25, -0.2) is 4.39 Å². The molecule has 3 heteroatoms. The maximum absolute atomic E-state index is 14.5. The van der Waals surface area contributed by atoms with Crippen LogP contribution in [-0.2, 0) is 9.59 Å². The van der Waals surface area contributed by atoms with Crippen molar-refractivity contribution in [2.45, 2.75) is 72.9 Å². The van der Waals surface area contributed by atoms with Gasteiger partial charge in [0, 0.05) is 11.8 Å². The van der Waals surface area contributed by atoms with Crippen LogP contribution in [-0.4, -0.2) is 17.7 Å². The molecule has 4 rings (SSSR count). The normalized spacial score (nSPS) is 53.6. The molecule has 0 heterocycles. The fourth-order valence-corrected chi connectivity index (χ4v) is 7.82. The van der Waals surface area contributed by atoms with Crippen molar-refractivity contribution >= 4 is 11.6 Å². The predicted octanol–water partition coefficient (Wildman–Crippen LogP) is 5.16.